The van der Waals surface area contributed by atoms with Gasteiger partial charge >= 0.3 is 0 Å². The first kappa shape index (κ1) is 26.9. The minimum atomic E-state index is -3.39. The van der Waals surface area contributed by atoms with Crippen molar-refractivity contribution < 1.29 is 18.0 Å². The predicted octanol–water partition coefficient (Wildman–Crippen LogP) is 4.11. The number of rotatable bonds is 9. The van der Waals surface area contributed by atoms with Gasteiger partial charge in [-0.2, -0.15) is 0 Å². The molecule has 0 unspecified atom stereocenters. The van der Waals surface area contributed by atoms with Gasteiger partial charge in [-0.1, -0.05) is 30.9 Å². The summed E-state index contributed by atoms with van der Waals surface area (Å²) in [5.74, 6) is 0.191. The maximum Gasteiger partial charge on any atom is 0.226 e. The van der Waals surface area contributed by atoms with Gasteiger partial charge in [0.1, 0.15) is 5.78 Å². The number of ketones is 1. The Morgan fingerprint density at radius 2 is 1.83 bits per heavy atom. The van der Waals surface area contributed by atoms with Crippen LogP contribution >= 0.6 is 0 Å². The molecule has 4 rings (SSSR count). The molecule has 1 saturated heterocycles. The van der Waals surface area contributed by atoms with Gasteiger partial charge in [0.05, 0.1) is 10.9 Å². The third kappa shape index (κ3) is 5.70. The predicted molar refractivity (Wildman–Crippen MR) is 143 cm³/mol. The van der Waals surface area contributed by atoms with E-state index in [1.54, 1.807) is 13.2 Å². The lowest BCUT2D eigenvalue weighted by Gasteiger charge is -2.35. The fourth-order valence-electron chi connectivity index (χ4n) is 6.13. The number of carbonyl (C=O) groups excluding carboxylic acids is 2. The fourth-order valence-corrected chi connectivity index (χ4v) is 7.01. The summed E-state index contributed by atoms with van der Waals surface area (Å²) in [6.45, 7) is 5.07. The highest BCUT2D eigenvalue weighted by Gasteiger charge is 2.39. The van der Waals surface area contributed by atoms with Crippen LogP contribution in [0.15, 0.2) is 29.3 Å². The van der Waals surface area contributed by atoms with E-state index in [0.717, 1.165) is 55.0 Å². The van der Waals surface area contributed by atoms with E-state index in [2.05, 4.69) is 5.32 Å². The van der Waals surface area contributed by atoms with Gasteiger partial charge in [0, 0.05) is 54.8 Å². The highest BCUT2D eigenvalue weighted by molar-refractivity contribution is 7.91. The number of fused-ring (bicyclic) bond motifs is 1. The van der Waals surface area contributed by atoms with Crippen LogP contribution in [0.25, 0.3) is 10.9 Å². The molecule has 1 amide bonds. The normalized spacial score (nSPS) is 21.1. The van der Waals surface area contributed by atoms with E-state index in [0.29, 0.717) is 24.4 Å². The second-order valence-electron chi connectivity index (χ2n) is 11.0. The lowest BCUT2D eigenvalue weighted by atomic mass is 9.76. The number of aromatic nitrogens is 1. The van der Waals surface area contributed by atoms with Gasteiger partial charge in [0.2, 0.25) is 5.91 Å². The largest absolute Gasteiger partial charge is 0.344 e. The number of nitrogens with one attached hydrogen (secondary N) is 1. The molecule has 1 aliphatic heterocycles. The van der Waals surface area contributed by atoms with Crippen molar-refractivity contribution in [2.24, 2.45) is 11.8 Å². The molecular weight excluding hydrogens is 474 g/mol. The molecule has 1 saturated carbocycles. The highest BCUT2D eigenvalue weighted by atomic mass is 32.2. The van der Waals surface area contributed by atoms with E-state index in [4.69, 9.17) is 0 Å². The number of likely N-dealkylation sites (tertiary alicyclic amines) is 1. The Morgan fingerprint density at radius 3 is 2.50 bits per heavy atom. The summed E-state index contributed by atoms with van der Waals surface area (Å²) >= 11 is 0. The zero-order chi connectivity index (χ0) is 26.0. The second kappa shape index (κ2) is 11.1. The van der Waals surface area contributed by atoms with Crippen molar-refractivity contribution in [3.05, 3.63) is 30.0 Å². The summed E-state index contributed by atoms with van der Waals surface area (Å²) in [7, 11) is -1.60. The summed E-state index contributed by atoms with van der Waals surface area (Å²) in [5.41, 5.74) is 1.89. The monoisotopic (exact) mass is 515 g/mol. The highest BCUT2D eigenvalue weighted by Crippen LogP contribution is 2.36. The molecule has 2 heterocycles. The summed E-state index contributed by atoms with van der Waals surface area (Å²) in [4.78, 5) is 29.2. The zero-order valence-electron chi connectivity index (χ0n) is 22.1. The van der Waals surface area contributed by atoms with Crippen LogP contribution in [0.3, 0.4) is 0 Å². The molecule has 198 valence electrons. The molecule has 36 heavy (non-hydrogen) atoms. The van der Waals surface area contributed by atoms with Gasteiger partial charge in [0.15, 0.2) is 9.84 Å². The Hall–Kier alpha value is -2.19. The third-order valence-corrected chi connectivity index (χ3v) is 9.46. The number of hydrogen-bond donors (Lipinski definition) is 1. The number of hydrogen-bond acceptors (Lipinski definition) is 5. The Morgan fingerprint density at radius 1 is 1.11 bits per heavy atom. The average Bonchev–Trinajstić information content (AvgIpc) is 3.46. The summed E-state index contributed by atoms with van der Waals surface area (Å²) < 4.78 is 27.0. The smallest absolute Gasteiger partial charge is 0.226 e. The number of amides is 1. The first-order valence-corrected chi connectivity index (χ1v) is 15.3. The van der Waals surface area contributed by atoms with E-state index >= 15 is 0 Å². The van der Waals surface area contributed by atoms with Crippen molar-refractivity contribution in [3.8, 4) is 0 Å². The molecule has 0 radical (unpaired) electrons. The lowest BCUT2D eigenvalue weighted by molar-refractivity contribution is -0.141. The van der Waals surface area contributed by atoms with E-state index in [9.17, 15) is 18.0 Å². The van der Waals surface area contributed by atoms with Gasteiger partial charge in [-0.15, -0.1) is 0 Å². The van der Waals surface area contributed by atoms with Crippen LogP contribution in [0, 0.1) is 18.8 Å². The SMILES string of the molecule is CN[C@@H](C)C(=O)C[C@H](C(=O)N1CCC[C@H]1Cn1cc(S(C)(=O)=O)c2cc(C)ccc21)C1CCCCC1. The van der Waals surface area contributed by atoms with Crippen molar-refractivity contribution in [2.75, 3.05) is 19.8 Å². The molecule has 1 aromatic heterocycles. The Bertz CT molecular complexity index is 1210. The molecule has 2 aromatic rings. The van der Waals surface area contributed by atoms with Crippen LogP contribution in [0.4, 0.5) is 0 Å². The number of likely N-dealkylation sites (N-methyl/N-ethyl adjacent to an activating group) is 1. The number of sulfone groups is 1. The molecule has 1 N–H and O–H groups in total. The molecule has 2 aliphatic rings. The zero-order valence-corrected chi connectivity index (χ0v) is 22.9. The maximum atomic E-state index is 14.0. The first-order chi connectivity index (χ1) is 17.1. The quantitative estimate of drug-likeness (QED) is 0.543. The number of benzene rings is 1. The maximum absolute atomic E-state index is 14.0. The Balaban J connectivity index is 1.61. The average molecular weight is 516 g/mol. The molecule has 1 aromatic carbocycles. The molecule has 1 aliphatic carbocycles. The van der Waals surface area contributed by atoms with Crippen molar-refractivity contribution in [1.82, 2.24) is 14.8 Å². The topological polar surface area (TPSA) is 88.5 Å². The summed E-state index contributed by atoms with van der Waals surface area (Å²) in [6, 6.07) is 5.62. The number of nitrogens with zero attached hydrogens (tertiary/aromatic N) is 2. The molecular formula is C28H41N3O4S. The van der Waals surface area contributed by atoms with Crippen LogP contribution < -0.4 is 5.32 Å². The molecule has 0 bridgehead atoms. The lowest BCUT2D eigenvalue weighted by Crippen LogP contribution is -2.45. The van der Waals surface area contributed by atoms with E-state index in [1.165, 1.54) is 12.7 Å². The second-order valence-corrected chi connectivity index (χ2v) is 12.9. The van der Waals surface area contributed by atoms with E-state index < -0.39 is 9.84 Å². The van der Waals surface area contributed by atoms with E-state index in [-0.39, 0.29) is 35.6 Å². The standard InChI is InChI=1S/C28H41N3O4S/c1-19-12-13-25-24(15-19)27(36(4,34)35)18-30(25)17-22-11-8-14-31(22)28(33)23(16-26(32)20(2)29-3)21-9-6-5-7-10-21/h12-13,15,18,20-23,29H,5-11,14,16-17H2,1-4H3/t20-,22-,23-/m0/s1. The number of aryl methyl sites for hydroxylation is 1. The van der Waals surface area contributed by atoms with Crippen molar-refractivity contribution in [2.45, 2.75) is 88.7 Å². The van der Waals surface area contributed by atoms with Crippen molar-refractivity contribution >= 4 is 32.4 Å². The van der Waals surface area contributed by atoms with Gasteiger partial charge < -0.3 is 14.8 Å². The summed E-state index contributed by atoms with van der Waals surface area (Å²) in [6.07, 6.45) is 10.5. The van der Waals surface area contributed by atoms with Crippen molar-refractivity contribution in [1.29, 1.82) is 0 Å². The Kier molecular flexibility index (Phi) is 8.25. The van der Waals surface area contributed by atoms with Gasteiger partial charge in [0.25, 0.3) is 0 Å². The molecule has 2 fully saturated rings. The van der Waals surface area contributed by atoms with Gasteiger partial charge in [-0.05, 0) is 64.6 Å². The van der Waals surface area contributed by atoms with Crippen LogP contribution in [0.1, 0.15) is 63.9 Å². The molecule has 0 spiro atoms. The number of carbonyl (C=O) groups is 2. The van der Waals surface area contributed by atoms with Crippen molar-refractivity contribution in [3.63, 3.8) is 0 Å². The fraction of sp³-hybridized carbons (Fsp3) is 0.643. The molecule has 7 nitrogen and oxygen atoms in total. The molecule has 8 heteroatoms. The van der Waals surface area contributed by atoms with E-state index in [1.807, 2.05) is 41.5 Å². The molecule has 3 atom stereocenters. The van der Waals surface area contributed by atoms with Crippen LogP contribution in [-0.2, 0) is 26.0 Å². The Labute approximate surface area is 215 Å². The first-order valence-electron chi connectivity index (χ1n) is 13.4. The summed E-state index contributed by atoms with van der Waals surface area (Å²) in [5, 5.41) is 3.77. The van der Waals surface area contributed by atoms with Gasteiger partial charge in [-0.25, -0.2) is 8.42 Å². The number of Topliss-reactive ketones (excluding diaryl/α,β-unsaturated/α-hetero) is 1. The van der Waals surface area contributed by atoms with Crippen LogP contribution in [0.5, 0.6) is 0 Å². The van der Waals surface area contributed by atoms with Gasteiger partial charge in [-0.3, -0.25) is 9.59 Å². The third-order valence-electron chi connectivity index (χ3n) is 8.34. The van der Waals surface area contributed by atoms with Crippen LogP contribution in [-0.4, -0.2) is 61.5 Å². The minimum absolute atomic E-state index is 0.00951. The minimum Gasteiger partial charge on any atom is -0.344 e. The van der Waals surface area contributed by atoms with Crippen LogP contribution in [0.2, 0.25) is 0 Å².